The average molecular weight is 547 g/mol. The van der Waals surface area contributed by atoms with Gasteiger partial charge in [-0.1, -0.05) is 47.7 Å². The summed E-state index contributed by atoms with van der Waals surface area (Å²) >= 11 is 0.958. The Hall–Kier alpha value is -3.37. The van der Waals surface area contributed by atoms with Crippen molar-refractivity contribution in [2.45, 2.75) is 20.8 Å². The Morgan fingerprint density at radius 2 is 1.59 bits per heavy atom. The molecule has 10 nitrogen and oxygen atoms in total. The monoisotopic (exact) mass is 546 g/mol. The predicted octanol–water partition coefficient (Wildman–Crippen LogP) is 4.67. The van der Waals surface area contributed by atoms with E-state index < -0.39 is 32.0 Å². The zero-order chi connectivity index (χ0) is 26.8. The van der Waals surface area contributed by atoms with Gasteiger partial charge in [0.25, 0.3) is 5.91 Å². The molecule has 0 atom stereocenters. The first-order valence-electron chi connectivity index (χ1n) is 11.5. The smallest absolute Gasteiger partial charge is 0.361 e. The largest absolute Gasteiger partial charge is 0.462 e. The first-order valence-corrected chi connectivity index (χ1v) is 13.9. The van der Waals surface area contributed by atoms with Crippen LogP contribution in [-0.4, -0.2) is 49.3 Å². The lowest BCUT2D eigenvalue weighted by Crippen LogP contribution is -2.21. The molecule has 0 bridgehead atoms. The first-order chi connectivity index (χ1) is 17.8. The van der Waals surface area contributed by atoms with Crippen molar-refractivity contribution >= 4 is 47.2 Å². The minimum Gasteiger partial charge on any atom is -0.462 e. The molecule has 0 radical (unpaired) electrons. The van der Waals surface area contributed by atoms with Gasteiger partial charge in [-0.3, -0.25) is 14.7 Å². The number of anilines is 1. The molecule has 0 unspecified atom stereocenters. The van der Waals surface area contributed by atoms with Gasteiger partial charge in [-0.2, -0.15) is 0 Å². The molecule has 0 saturated carbocycles. The van der Waals surface area contributed by atoms with Gasteiger partial charge in [0.05, 0.1) is 36.4 Å². The number of aromatic nitrogens is 1. The topological polar surface area (TPSA) is 130 Å². The summed E-state index contributed by atoms with van der Waals surface area (Å²) in [5, 5.41) is 2.90. The molecule has 0 aliphatic carbocycles. The van der Waals surface area contributed by atoms with Gasteiger partial charge in [-0.05, 0) is 39.0 Å². The van der Waals surface area contributed by atoms with E-state index >= 15 is 0 Å². The van der Waals surface area contributed by atoms with Crippen LogP contribution >= 0.6 is 18.9 Å². The number of esters is 2. The fourth-order valence-corrected chi connectivity index (χ4v) is 5.72. The normalized spacial score (nSPS) is 11.1. The summed E-state index contributed by atoms with van der Waals surface area (Å²) in [6.45, 7) is 4.97. The molecule has 37 heavy (non-hydrogen) atoms. The van der Waals surface area contributed by atoms with Gasteiger partial charge < -0.3 is 18.5 Å². The molecule has 0 spiro atoms. The van der Waals surface area contributed by atoms with Crippen LogP contribution in [0.4, 0.5) is 5.13 Å². The number of hydrogen-bond donors (Lipinski definition) is 1. The number of carbonyl (C=O) groups excluding carboxylic acids is 3. The molecule has 12 heteroatoms. The summed E-state index contributed by atoms with van der Waals surface area (Å²) in [4.78, 5) is 42.1. The van der Waals surface area contributed by atoms with Crippen molar-refractivity contribution in [2.24, 2.45) is 0 Å². The summed E-state index contributed by atoms with van der Waals surface area (Å²) in [6.07, 6.45) is 0. The van der Waals surface area contributed by atoms with Crippen molar-refractivity contribution in [3.8, 4) is 11.3 Å². The van der Waals surface area contributed by atoms with E-state index in [-0.39, 0.29) is 40.7 Å². The van der Waals surface area contributed by atoms with Crippen LogP contribution in [0, 0.1) is 0 Å². The summed E-state index contributed by atoms with van der Waals surface area (Å²) in [7, 11) is -3.60. The minimum atomic E-state index is -3.60. The van der Waals surface area contributed by atoms with Gasteiger partial charge in [0.2, 0.25) is 0 Å². The van der Waals surface area contributed by atoms with Gasteiger partial charge in [-0.25, -0.2) is 14.6 Å². The van der Waals surface area contributed by atoms with E-state index in [1.807, 2.05) is 6.07 Å². The van der Waals surface area contributed by atoms with Gasteiger partial charge in [0.15, 0.2) is 11.7 Å². The standard InChI is InChI=1S/C25H27N2O8PS/c1-4-32-24(30)22-21(17-11-8-7-9-12-17)27-25(37-22)26-20(28)16-33-23(29)18-13-10-14-19(15-18)36(31,34-5-2)35-6-3/h7-15H,4-6,16H2,1-3H3,(H,26,27,28). The van der Waals surface area contributed by atoms with E-state index in [4.69, 9.17) is 18.5 Å². The van der Waals surface area contributed by atoms with Gasteiger partial charge in [-0.15, -0.1) is 0 Å². The quantitative estimate of drug-likeness (QED) is 0.254. The van der Waals surface area contributed by atoms with Gasteiger partial charge in [0, 0.05) is 5.56 Å². The van der Waals surface area contributed by atoms with E-state index in [0.29, 0.717) is 11.3 Å². The maximum atomic E-state index is 13.0. The van der Waals surface area contributed by atoms with Crippen LogP contribution in [0.15, 0.2) is 54.6 Å². The van der Waals surface area contributed by atoms with Crippen LogP contribution < -0.4 is 10.6 Å². The molecule has 2 aromatic carbocycles. The number of nitrogens with one attached hydrogen (secondary N) is 1. The zero-order valence-electron chi connectivity index (χ0n) is 20.6. The van der Waals surface area contributed by atoms with E-state index in [1.165, 1.54) is 24.3 Å². The van der Waals surface area contributed by atoms with Gasteiger partial charge >= 0.3 is 19.5 Å². The second-order valence-electron chi connectivity index (χ2n) is 7.29. The molecule has 3 aromatic rings. The lowest BCUT2D eigenvalue weighted by atomic mass is 10.1. The Bertz CT molecular complexity index is 1280. The predicted molar refractivity (Wildman–Crippen MR) is 139 cm³/mol. The van der Waals surface area contributed by atoms with Crippen LogP contribution in [0.2, 0.25) is 0 Å². The number of benzene rings is 2. The van der Waals surface area contributed by atoms with E-state index in [1.54, 1.807) is 45.0 Å². The van der Waals surface area contributed by atoms with Crippen LogP contribution in [0.1, 0.15) is 40.8 Å². The van der Waals surface area contributed by atoms with E-state index in [0.717, 1.165) is 11.3 Å². The Morgan fingerprint density at radius 1 is 0.892 bits per heavy atom. The molecule has 196 valence electrons. The second-order valence-corrected chi connectivity index (χ2v) is 10.3. The molecule has 1 heterocycles. The maximum absolute atomic E-state index is 13.0. The molecule has 1 aromatic heterocycles. The number of ether oxygens (including phenoxy) is 2. The van der Waals surface area contributed by atoms with Crippen molar-refractivity contribution in [2.75, 3.05) is 31.7 Å². The molecule has 1 amide bonds. The molecular weight excluding hydrogens is 519 g/mol. The highest BCUT2D eigenvalue weighted by molar-refractivity contribution is 7.62. The molecule has 0 fully saturated rings. The molecule has 1 N–H and O–H groups in total. The minimum absolute atomic E-state index is 0.0788. The Labute approximate surface area is 218 Å². The number of carbonyl (C=O) groups is 3. The highest BCUT2D eigenvalue weighted by Gasteiger charge is 2.28. The molecule has 0 aliphatic heterocycles. The summed E-state index contributed by atoms with van der Waals surface area (Å²) in [6, 6.07) is 14.9. The lowest BCUT2D eigenvalue weighted by molar-refractivity contribution is -0.119. The Kier molecular flexibility index (Phi) is 10.1. The highest BCUT2D eigenvalue weighted by Crippen LogP contribution is 2.46. The summed E-state index contributed by atoms with van der Waals surface area (Å²) in [5.74, 6) is -2.00. The SMILES string of the molecule is CCOC(=O)c1sc(NC(=O)COC(=O)c2cccc(P(=O)(OCC)OCC)c2)nc1-c1ccccc1. The number of rotatable bonds is 12. The van der Waals surface area contributed by atoms with E-state index in [2.05, 4.69) is 10.3 Å². The Morgan fingerprint density at radius 3 is 2.24 bits per heavy atom. The van der Waals surface area contributed by atoms with Crippen molar-refractivity contribution in [3.05, 3.63) is 65.0 Å². The molecule has 0 aliphatic rings. The third-order valence-electron chi connectivity index (χ3n) is 4.71. The Balaban J connectivity index is 1.69. The molecule has 3 rings (SSSR count). The van der Waals surface area contributed by atoms with Crippen LogP contribution in [0.5, 0.6) is 0 Å². The number of amides is 1. The van der Waals surface area contributed by atoms with Crippen molar-refractivity contribution in [1.29, 1.82) is 0 Å². The third-order valence-corrected chi connectivity index (χ3v) is 7.77. The van der Waals surface area contributed by atoms with Crippen LogP contribution in [0.25, 0.3) is 11.3 Å². The lowest BCUT2D eigenvalue weighted by Gasteiger charge is -2.17. The second kappa shape index (κ2) is 13.3. The van der Waals surface area contributed by atoms with Crippen molar-refractivity contribution in [3.63, 3.8) is 0 Å². The van der Waals surface area contributed by atoms with E-state index in [9.17, 15) is 18.9 Å². The van der Waals surface area contributed by atoms with Crippen molar-refractivity contribution in [1.82, 2.24) is 4.98 Å². The van der Waals surface area contributed by atoms with Gasteiger partial charge in [0.1, 0.15) is 4.88 Å². The maximum Gasteiger partial charge on any atom is 0.361 e. The first kappa shape index (κ1) is 28.2. The summed E-state index contributed by atoms with van der Waals surface area (Å²) in [5.41, 5.74) is 1.14. The highest BCUT2D eigenvalue weighted by atomic mass is 32.1. The third kappa shape index (κ3) is 7.33. The number of nitrogens with zero attached hydrogens (tertiary/aromatic N) is 1. The van der Waals surface area contributed by atoms with Crippen LogP contribution in [-0.2, 0) is 27.9 Å². The fraction of sp³-hybridized carbons (Fsp3) is 0.280. The summed E-state index contributed by atoms with van der Waals surface area (Å²) < 4.78 is 33.8. The number of thiazole rings is 1. The number of hydrogen-bond acceptors (Lipinski definition) is 10. The zero-order valence-corrected chi connectivity index (χ0v) is 22.3. The fourth-order valence-electron chi connectivity index (χ4n) is 3.20. The average Bonchev–Trinajstić information content (AvgIpc) is 3.32. The molecular formula is C25H27N2O8PS. The van der Waals surface area contributed by atoms with Crippen LogP contribution in [0.3, 0.4) is 0 Å². The van der Waals surface area contributed by atoms with Crippen molar-refractivity contribution < 1.29 is 37.5 Å². The molecule has 0 saturated heterocycles.